The molecule has 1 aromatic heterocycles. The van der Waals surface area contributed by atoms with Crippen LogP contribution in [0.1, 0.15) is 0 Å². The van der Waals surface area contributed by atoms with Crippen molar-refractivity contribution >= 4 is 44.7 Å². The summed E-state index contributed by atoms with van der Waals surface area (Å²) < 4.78 is 26.5. The van der Waals surface area contributed by atoms with Crippen molar-refractivity contribution in [3.63, 3.8) is 0 Å². The molecule has 0 radical (unpaired) electrons. The Kier molecular flexibility index (Phi) is 3.79. The molecule has 0 fully saturated rings. The third kappa shape index (κ3) is 3.25. The summed E-state index contributed by atoms with van der Waals surface area (Å²) in [6, 6.07) is 5.37. The molecule has 0 aliphatic carbocycles. The minimum Gasteiger partial charge on any atom is -0.398 e. The van der Waals surface area contributed by atoms with Crippen LogP contribution in [-0.4, -0.2) is 18.4 Å². The number of aromatic nitrogens is 2. The SMILES string of the molecule is Nc1cc(Cl)ccc1S(=O)(=O)Nc1cc(Cl)ncn1. The van der Waals surface area contributed by atoms with Crippen LogP contribution in [0.25, 0.3) is 0 Å². The lowest BCUT2D eigenvalue weighted by molar-refractivity contribution is 0.601. The lowest BCUT2D eigenvalue weighted by Gasteiger charge is -2.09. The molecule has 1 heterocycles. The predicted octanol–water partition coefficient (Wildman–Crippen LogP) is 2.17. The molecule has 0 amide bonds. The second kappa shape index (κ2) is 5.20. The lowest BCUT2D eigenvalue weighted by atomic mass is 10.3. The fourth-order valence-corrected chi connectivity index (χ4v) is 2.79. The van der Waals surface area contributed by atoms with Gasteiger partial charge in [0.15, 0.2) is 0 Å². The minimum atomic E-state index is -3.86. The molecule has 6 nitrogen and oxygen atoms in total. The molecule has 1 aromatic carbocycles. The standard InChI is InChI=1S/C10H8Cl2N4O2S/c11-6-1-2-8(7(13)3-6)19(17,18)16-10-4-9(12)14-5-15-10/h1-5H,13H2,(H,14,15,16). The van der Waals surface area contributed by atoms with Crippen molar-refractivity contribution < 1.29 is 8.42 Å². The quantitative estimate of drug-likeness (QED) is 0.667. The van der Waals surface area contributed by atoms with Crippen molar-refractivity contribution in [2.75, 3.05) is 10.5 Å². The van der Waals surface area contributed by atoms with Crippen LogP contribution in [0, 0.1) is 0 Å². The average molecular weight is 319 g/mol. The van der Waals surface area contributed by atoms with Gasteiger partial charge in [-0.05, 0) is 18.2 Å². The molecule has 19 heavy (non-hydrogen) atoms. The van der Waals surface area contributed by atoms with Gasteiger partial charge in [-0.3, -0.25) is 4.72 Å². The van der Waals surface area contributed by atoms with E-state index in [2.05, 4.69) is 14.7 Å². The molecule has 0 aliphatic rings. The fraction of sp³-hybridized carbons (Fsp3) is 0. The number of nitrogens with zero attached hydrogens (tertiary/aromatic N) is 2. The first-order chi connectivity index (χ1) is 8.88. The highest BCUT2D eigenvalue weighted by molar-refractivity contribution is 7.92. The zero-order valence-electron chi connectivity index (χ0n) is 9.34. The van der Waals surface area contributed by atoms with E-state index in [1.54, 1.807) is 0 Å². The van der Waals surface area contributed by atoms with Gasteiger partial charge in [-0.2, -0.15) is 0 Å². The molecule has 0 atom stereocenters. The molecule has 2 rings (SSSR count). The van der Waals surface area contributed by atoms with Crippen molar-refractivity contribution in [2.45, 2.75) is 4.90 Å². The highest BCUT2D eigenvalue weighted by Crippen LogP contribution is 2.24. The molecule has 100 valence electrons. The first-order valence-electron chi connectivity index (χ1n) is 4.94. The van der Waals surface area contributed by atoms with Crippen molar-refractivity contribution in [3.05, 3.63) is 40.8 Å². The van der Waals surface area contributed by atoms with E-state index in [9.17, 15) is 8.42 Å². The number of nitrogen functional groups attached to an aromatic ring is 1. The maximum atomic E-state index is 12.1. The van der Waals surface area contributed by atoms with Crippen molar-refractivity contribution in [2.24, 2.45) is 0 Å². The van der Waals surface area contributed by atoms with Crippen LogP contribution in [0.15, 0.2) is 35.5 Å². The second-order valence-electron chi connectivity index (χ2n) is 3.51. The maximum Gasteiger partial charge on any atom is 0.265 e. The topological polar surface area (TPSA) is 98.0 Å². The van der Waals surface area contributed by atoms with E-state index < -0.39 is 10.0 Å². The van der Waals surface area contributed by atoms with Crippen LogP contribution in [0.4, 0.5) is 11.5 Å². The van der Waals surface area contributed by atoms with E-state index in [4.69, 9.17) is 28.9 Å². The number of nitrogens with two attached hydrogens (primary N) is 1. The van der Waals surface area contributed by atoms with Gasteiger partial charge < -0.3 is 5.73 Å². The molecular formula is C10H8Cl2N4O2S. The number of anilines is 2. The highest BCUT2D eigenvalue weighted by atomic mass is 35.5. The van der Waals surface area contributed by atoms with E-state index in [1.165, 1.54) is 24.3 Å². The molecule has 9 heteroatoms. The molecule has 3 N–H and O–H groups in total. The largest absolute Gasteiger partial charge is 0.398 e. The summed E-state index contributed by atoms with van der Waals surface area (Å²) in [5.74, 6) is 0.0503. The minimum absolute atomic E-state index is 0.0418. The number of halogens is 2. The van der Waals surface area contributed by atoms with Gasteiger partial charge in [0.2, 0.25) is 0 Å². The molecule has 0 unspecified atom stereocenters. The third-order valence-corrected chi connectivity index (χ3v) is 4.00. The zero-order chi connectivity index (χ0) is 14.0. The summed E-state index contributed by atoms with van der Waals surface area (Å²) in [7, 11) is -3.86. The van der Waals surface area contributed by atoms with Crippen LogP contribution >= 0.6 is 23.2 Å². The predicted molar refractivity (Wildman–Crippen MR) is 73.7 cm³/mol. The van der Waals surface area contributed by atoms with Gasteiger partial charge in [-0.1, -0.05) is 23.2 Å². The molecular weight excluding hydrogens is 311 g/mol. The van der Waals surface area contributed by atoms with Gasteiger partial charge in [0.05, 0.1) is 5.69 Å². The monoisotopic (exact) mass is 318 g/mol. The summed E-state index contributed by atoms with van der Waals surface area (Å²) in [5.41, 5.74) is 5.67. The van der Waals surface area contributed by atoms with E-state index >= 15 is 0 Å². The van der Waals surface area contributed by atoms with Gasteiger partial charge in [0, 0.05) is 11.1 Å². The fourth-order valence-electron chi connectivity index (χ4n) is 1.35. The third-order valence-electron chi connectivity index (χ3n) is 2.13. The van der Waals surface area contributed by atoms with Crippen LogP contribution < -0.4 is 10.5 Å². The molecule has 0 aliphatic heterocycles. The highest BCUT2D eigenvalue weighted by Gasteiger charge is 2.18. The number of hydrogen-bond donors (Lipinski definition) is 2. The molecule has 0 bridgehead atoms. The van der Waals surface area contributed by atoms with Gasteiger partial charge in [0.25, 0.3) is 10.0 Å². The maximum absolute atomic E-state index is 12.1. The molecule has 2 aromatic rings. The van der Waals surface area contributed by atoms with Crippen LogP contribution in [0.5, 0.6) is 0 Å². The lowest BCUT2D eigenvalue weighted by Crippen LogP contribution is -2.15. The number of nitrogens with one attached hydrogen (secondary N) is 1. The van der Waals surface area contributed by atoms with Crippen LogP contribution in [0.3, 0.4) is 0 Å². The van der Waals surface area contributed by atoms with E-state index in [-0.39, 0.29) is 21.6 Å². The van der Waals surface area contributed by atoms with Gasteiger partial charge in [-0.25, -0.2) is 18.4 Å². The first-order valence-corrected chi connectivity index (χ1v) is 7.18. The molecule has 0 saturated heterocycles. The summed E-state index contributed by atoms with van der Waals surface area (Å²) in [5, 5.41) is 0.471. The Morgan fingerprint density at radius 1 is 1.16 bits per heavy atom. The number of hydrogen-bond acceptors (Lipinski definition) is 5. The Bertz CT molecular complexity index is 721. The number of sulfonamides is 1. The van der Waals surface area contributed by atoms with Crippen molar-refractivity contribution in [3.8, 4) is 0 Å². The van der Waals surface area contributed by atoms with E-state index in [0.717, 1.165) is 6.33 Å². The van der Waals surface area contributed by atoms with Gasteiger partial charge in [-0.15, -0.1) is 0 Å². The normalized spacial score (nSPS) is 11.3. The second-order valence-corrected chi connectivity index (χ2v) is 5.99. The Labute approximate surface area is 119 Å². The van der Waals surface area contributed by atoms with Crippen LogP contribution in [-0.2, 0) is 10.0 Å². The summed E-state index contributed by atoms with van der Waals surface area (Å²) >= 11 is 11.4. The Morgan fingerprint density at radius 3 is 2.53 bits per heavy atom. The number of rotatable bonds is 3. The Morgan fingerprint density at radius 2 is 1.89 bits per heavy atom. The van der Waals surface area contributed by atoms with Gasteiger partial charge >= 0.3 is 0 Å². The summed E-state index contributed by atoms with van der Waals surface area (Å²) in [6.45, 7) is 0. The summed E-state index contributed by atoms with van der Waals surface area (Å²) in [6.07, 6.45) is 1.14. The Balaban J connectivity index is 2.38. The number of benzene rings is 1. The van der Waals surface area contributed by atoms with Crippen molar-refractivity contribution in [1.82, 2.24) is 9.97 Å². The molecule has 0 saturated carbocycles. The Hall–Kier alpha value is -1.57. The molecule has 0 spiro atoms. The van der Waals surface area contributed by atoms with E-state index in [1.807, 2.05) is 0 Å². The first kappa shape index (κ1) is 13.9. The van der Waals surface area contributed by atoms with E-state index in [0.29, 0.717) is 5.02 Å². The summed E-state index contributed by atoms with van der Waals surface area (Å²) in [4.78, 5) is 7.30. The average Bonchev–Trinajstić information content (AvgIpc) is 2.27. The van der Waals surface area contributed by atoms with Gasteiger partial charge in [0.1, 0.15) is 22.2 Å². The smallest absolute Gasteiger partial charge is 0.265 e. The zero-order valence-corrected chi connectivity index (χ0v) is 11.7. The van der Waals surface area contributed by atoms with Crippen molar-refractivity contribution in [1.29, 1.82) is 0 Å². The van der Waals surface area contributed by atoms with Crippen LogP contribution in [0.2, 0.25) is 10.2 Å².